The maximum Gasteiger partial charge on any atom is 0.407 e. The number of carbonyl (C=O) groups excluding carboxylic acids is 2. The van der Waals surface area contributed by atoms with Crippen LogP contribution < -0.4 is 10.6 Å². The summed E-state index contributed by atoms with van der Waals surface area (Å²) < 4.78 is 6.80. The Hall–Kier alpha value is -4.14. The van der Waals surface area contributed by atoms with E-state index in [0.29, 0.717) is 18.5 Å². The number of carbonyl (C=O) groups is 3. The van der Waals surface area contributed by atoms with Gasteiger partial charge in [0.15, 0.2) is 0 Å². The Morgan fingerprint density at radius 2 is 1.71 bits per heavy atom. The molecular formula is C26H28N4O5. The number of benzene rings is 2. The summed E-state index contributed by atoms with van der Waals surface area (Å²) in [6, 6.07) is 16.8. The Balaban J connectivity index is 1.35. The van der Waals surface area contributed by atoms with Gasteiger partial charge < -0.3 is 20.5 Å². The summed E-state index contributed by atoms with van der Waals surface area (Å²) in [6.45, 7) is 2.12. The van der Waals surface area contributed by atoms with Gasteiger partial charge in [-0.3, -0.25) is 9.48 Å². The van der Waals surface area contributed by atoms with E-state index in [9.17, 15) is 14.4 Å². The van der Waals surface area contributed by atoms with Gasteiger partial charge in [-0.2, -0.15) is 5.10 Å². The van der Waals surface area contributed by atoms with E-state index in [1.54, 1.807) is 0 Å². The zero-order valence-electron chi connectivity index (χ0n) is 19.7. The molecule has 0 saturated carbocycles. The van der Waals surface area contributed by atoms with Gasteiger partial charge in [0.1, 0.15) is 18.3 Å². The second-order valence-electron chi connectivity index (χ2n) is 8.48. The van der Waals surface area contributed by atoms with Gasteiger partial charge in [0.05, 0.1) is 12.2 Å². The lowest BCUT2D eigenvalue weighted by molar-refractivity contribution is -0.123. The third kappa shape index (κ3) is 5.18. The molecule has 1 aliphatic carbocycles. The highest BCUT2D eigenvalue weighted by molar-refractivity contribution is 5.86. The van der Waals surface area contributed by atoms with E-state index in [1.807, 2.05) is 43.3 Å². The first-order valence-electron chi connectivity index (χ1n) is 11.5. The molecule has 3 aromatic rings. The van der Waals surface area contributed by atoms with Crippen molar-refractivity contribution in [3.8, 4) is 11.1 Å². The van der Waals surface area contributed by atoms with Crippen molar-refractivity contribution in [3.05, 3.63) is 77.1 Å². The molecule has 3 N–H and O–H groups in total. The molecule has 1 aromatic heterocycles. The molecule has 1 atom stereocenters. The van der Waals surface area contributed by atoms with Crippen LogP contribution in [0.2, 0.25) is 0 Å². The molecule has 0 radical (unpaired) electrons. The van der Waals surface area contributed by atoms with E-state index in [4.69, 9.17) is 9.84 Å². The first kappa shape index (κ1) is 24.0. The van der Waals surface area contributed by atoms with Crippen molar-refractivity contribution in [3.63, 3.8) is 0 Å². The third-order valence-corrected chi connectivity index (χ3v) is 6.12. The number of carboxylic acid groups (broad SMARTS) is 1. The van der Waals surface area contributed by atoms with E-state index in [1.165, 1.54) is 17.8 Å². The first-order chi connectivity index (χ1) is 16.9. The number of ether oxygens (including phenoxy) is 1. The van der Waals surface area contributed by atoms with Crippen LogP contribution >= 0.6 is 0 Å². The van der Waals surface area contributed by atoms with Crippen molar-refractivity contribution in [2.45, 2.75) is 38.3 Å². The minimum absolute atomic E-state index is 0.0242. The van der Waals surface area contributed by atoms with Gasteiger partial charge in [-0.1, -0.05) is 61.9 Å². The Morgan fingerprint density at radius 3 is 2.29 bits per heavy atom. The fourth-order valence-corrected chi connectivity index (χ4v) is 4.45. The summed E-state index contributed by atoms with van der Waals surface area (Å²) in [7, 11) is 1.52. The summed E-state index contributed by atoms with van der Waals surface area (Å²) in [5.74, 6) is -1.56. The van der Waals surface area contributed by atoms with E-state index in [-0.39, 0.29) is 30.7 Å². The minimum Gasteiger partial charge on any atom is -0.477 e. The molecule has 1 unspecified atom stereocenters. The molecule has 1 heterocycles. The fraction of sp³-hybridized carbons (Fsp3) is 0.308. The number of aromatic carboxylic acids is 1. The number of hydrogen-bond donors (Lipinski definition) is 3. The molecule has 0 aliphatic heterocycles. The van der Waals surface area contributed by atoms with Gasteiger partial charge in [0.2, 0.25) is 5.91 Å². The fourth-order valence-electron chi connectivity index (χ4n) is 4.45. The lowest BCUT2D eigenvalue weighted by Crippen LogP contribution is -2.46. The molecule has 35 heavy (non-hydrogen) atoms. The molecule has 0 fully saturated rings. The number of aromatic nitrogens is 2. The zero-order valence-corrected chi connectivity index (χ0v) is 19.7. The Kier molecular flexibility index (Phi) is 7.14. The number of nitrogens with zero attached hydrogens (tertiary/aromatic N) is 2. The zero-order chi connectivity index (χ0) is 24.9. The van der Waals surface area contributed by atoms with Gasteiger partial charge in [-0.15, -0.1) is 0 Å². The van der Waals surface area contributed by atoms with Crippen LogP contribution in [0.4, 0.5) is 4.79 Å². The number of alkyl carbamates (subject to hydrolysis) is 1. The predicted molar refractivity (Wildman–Crippen MR) is 129 cm³/mol. The van der Waals surface area contributed by atoms with Crippen molar-refractivity contribution < 1.29 is 24.2 Å². The number of hydrogen-bond acceptors (Lipinski definition) is 5. The molecule has 9 heteroatoms. The largest absolute Gasteiger partial charge is 0.477 e. The van der Waals surface area contributed by atoms with Crippen LogP contribution in [-0.2, 0) is 23.1 Å². The quantitative estimate of drug-likeness (QED) is 0.435. The number of fused-ring (bicyclic) bond motifs is 3. The van der Waals surface area contributed by atoms with E-state index in [2.05, 4.69) is 27.9 Å². The topological polar surface area (TPSA) is 123 Å². The minimum atomic E-state index is -1.10. The van der Waals surface area contributed by atoms with Crippen molar-refractivity contribution in [2.75, 3.05) is 6.61 Å². The van der Waals surface area contributed by atoms with Crippen molar-refractivity contribution in [2.24, 2.45) is 7.05 Å². The van der Waals surface area contributed by atoms with Gasteiger partial charge in [-0.25, -0.2) is 9.59 Å². The van der Waals surface area contributed by atoms with E-state index >= 15 is 0 Å². The summed E-state index contributed by atoms with van der Waals surface area (Å²) in [5.41, 5.74) is 4.94. The Labute approximate surface area is 203 Å². The smallest absolute Gasteiger partial charge is 0.407 e. The van der Waals surface area contributed by atoms with Gasteiger partial charge in [0, 0.05) is 13.0 Å². The van der Waals surface area contributed by atoms with Crippen LogP contribution in [0, 0.1) is 0 Å². The molecule has 182 valence electrons. The third-order valence-electron chi connectivity index (χ3n) is 6.12. The molecule has 0 bridgehead atoms. The normalized spacial score (nSPS) is 13.0. The van der Waals surface area contributed by atoms with Crippen LogP contribution in [0.1, 0.15) is 53.0 Å². The highest BCUT2D eigenvalue weighted by Crippen LogP contribution is 2.44. The summed E-state index contributed by atoms with van der Waals surface area (Å²) in [4.78, 5) is 36.5. The molecule has 9 nitrogen and oxygen atoms in total. The Morgan fingerprint density at radius 1 is 1.09 bits per heavy atom. The number of amides is 2. The first-order valence-corrected chi connectivity index (χ1v) is 11.5. The molecule has 2 aromatic carbocycles. The van der Waals surface area contributed by atoms with Crippen LogP contribution in [0.5, 0.6) is 0 Å². The summed E-state index contributed by atoms with van der Waals surface area (Å²) in [6.07, 6.45) is 0.444. The van der Waals surface area contributed by atoms with Gasteiger partial charge in [-0.05, 0) is 34.7 Å². The average Bonchev–Trinajstić information content (AvgIpc) is 3.38. The molecular weight excluding hydrogens is 448 g/mol. The highest BCUT2D eigenvalue weighted by atomic mass is 16.5. The van der Waals surface area contributed by atoms with Crippen molar-refractivity contribution in [1.29, 1.82) is 0 Å². The number of rotatable bonds is 9. The van der Waals surface area contributed by atoms with Crippen molar-refractivity contribution >= 4 is 18.0 Å². The molecule has 0 spiro atoms. The monoisotopic (exact) mass is 476 g/mol. The van der Waals surface area contributed by atoms with Crippen LogP contribution in [0.25, 0.3) is 11.1 Å². The second-order valence-corrected chi connectivity index (χ2v) is 8.48. The lowest BCUT2D eigenvalue weighted by Gasteiger charge is -2.19. The second kappa shape index (κ2) is 10.4. The summed E-state index contributed by atoms with van der Waals surface area (Å²) >= 11 is 0. The van der Waals surface area contributed by atoms with Gasteiger partial charge >= 0.3 is 12.1 Å². The molecule has 4 rings (SSSR count). The Bertz CT molecular complexity index is 1210. The van der Waals surface area contributed by atoms with Crippen LogP contribution in [0.15, 0.2) is 54.6 Å². The van der Waals surface area contributed by atoms with Crippen LogP contribution in [0.3, 0.4) is 0 Å². The highest BCUT2D eigenvalue weighted by Gasteiger charge is 2.29. The van der Waals surface area contributed by atoms with E-state index in [0.717, 1.165) is 22.3 Å². The molecule has 2 amide bonds. The maximum absolute atomic E-state index is 12.7. The van der Waals surface area contributed by atoms with Crippen molar-refractivity contribution in [1.82, 2.24) is 20.4 Å². The maximum atomic E-state index is 12.7. The van der Waals surface area contributed by atoms with Crippen LogP contribution in [-0.4, -0.2) is 45.5 Å². The number of nitrogens with one attached hydrogen (secondary N) is 2. The standard InChI is InChI=1S/C26H28N4O5/c1-3-8-22(24(31)27-14-16-13-23(25(32)33)30(2)29-16)28-26(34)35-15-21-19-11-6-4-9-17(19)18-10-5-7-12-20(18)21/h4-7,9-13,21-22H,3,8,14-15H2,1-2H3,(H,27,31)(H,28,34)(H,32,33). The molecule has 1 aliphatic rings. The number of aryl methyl sites for hydroxylation is 1. The molecule has 0 saturated heterocycles. The average molecular weight is 477 g/mol. The summed E-state index contributed by atoms with van der Waals surface area (Å²) in [5, 5.41) is 18.6. The number of carboxylic acids is 1. The predicted octanol–water partition coefficient (Wildman–Crippen LogP) is 3.44. The SMILES string of the molecule is CCCC(NC(=O)OCC1c2ccccc2-c2ccccc21)C(=O)NCc1cc(C(=O)O)n(C)n1. The lowest BCUT2D eigenvalue weighted by atomic mass is 9.98. The van der Waals surface area contributed by atoms with Gasteiger partial charge in [0.25, 0.3) is 0 Å². The van der Waals surface area contributed by atoms with E-state index < -0.39 is 18.1 Å².